The fraction of sp³-hybridized carbons (Fsp3) is 0.0500. The third kappa shape index (κ3) is 5.11. The maximum atomic E-state index is 12.2. The normalized spacial score (nSPS) is 11.0. The first kappa shape index (κ1) is 19.9. The van der Waals surface area contributed by atoms with Crippen LogP contribution >= 0.6 is 11.3 Å². The Kier molecular flexibility index (Phi) is 6.10. The highest BCUT2D eigenvalue weighted by atomic mass is 32.1. The topological polar surface area (TPSA) is 114 Å². The first-order valence-electron chi connectivity index (χ1n) is 8.48. The Hall–Kier alpha value is -3.85. The number of carbonyl (C=O) groups is 2. The summed E-state index contributed by atoms with van der Waals surface area (Å²) < 4.78 is 0. The van der Waals surface area contributed by atoms with Gasteiger partial charge in [0, 0.05) is 23.4 Å². The quantitative estimate of drug-likeness (QED) is 0.364. The van der Waals surface area contributed by atoms with E-state index >= 15 is 0 Å². The number of carbonyl (C=O) groups excluding carboxylic acids is 2. The van der Waals surface area contributed by atoms with Gasteiger partial charge in [0.05, 0.1) is 15.5 Å². The van der Waals surface area contributed by atoms with Gasteiger partial charge < -0.3 is 5.32 Å². The monoisotopic (exact) mass is 408 g/mol. The molecule has 0 unspecified atom stereocenters. The molecule has 2 aromatic carbocycles. The second kappa shape index (κ2) is 8.89. The second-order valence-corrected chi connectivity index (χ2v) is 6.91. The molecule has 8 nitrogen and oxygen atoms in total. The molecule has 9 heteroatoms. The SMILES string of the molecule is C/C(=N\NC(=O)c1cccc([N+](=O)[O-])c1)c1cccc(NC(=O)c2cccs2)c1. The number of amides is 2. The lowest BCUT2D eigenvalue weighted by Gasteiger charge is -2.07. The average molecular weight is 408 g/mol. The van der Waals surface area contributed by atoms with E-state index in [1.165, 1.54) is 35.6 Å². The third-order valence-corrected chi connectivity index (χ3v) is 4.80. The third-order valence-electron chi connectivity index (χ3n) is 3.93. The lowest BCUT2D eigenvalue weighted by Crippen LogP contribution is -2.19. The van der Waals surface area contributed by atoms with Crippen LogP contribution < -0.4 is 10.7 Å². The molecule has 0 aliphatic heterocycles. The number of rotatable bonds is 6. The number of nitro benzene ring substituents is 1. The summed E-state index contributed by atoms with van der Waals surface area (Å²) in [4.78, 5) is 35.2. The van der Waals surface area contributed by atoms with Crippen LogP contribution in [0.5, 0.6) is 0 Å². The first-order chi connectivity index (χ1) is 13.9. The van der Waals surface area contributed by atoms with Gasteiger partial charge in [-0.15, -0.1) is 11.3 Å². The largest absolute Gasteiger partial charge is 0.321 e. The molecule has 0 bridgehead atoms. The highest BCUT2D eigenvalue weighted by Gasteiger charge is 2.11. The van der Waals surface area contributed by atoms with Crippen molar-refractivity contribution in [3.05, 3.63) is 92.2 Å². The number of hydrogen-bond acceptors (Lipinski definition) is 6. The average Bonchev–Trinajstić information content (AvgIpc) is 3.27. The molecular weight excluding hydrogens is 392 g/mol. The van der Waals surface area contributed by atoms with Crippen molar-refractivity contribution in [1.29, 1.82) is 0 Å². The van der Waals surface area contributed by atoms with Crippen LogP contribution in [0.2, 0.25) is 0 Å². The van der Waals surface area contributed by atoms with E-state index in [4.69, 9.17) is 0 Å². The molecule has 0 radical (unpaired) electrons. The molecule has 0 atom stereocenters. The maximum absolute atomic E-state index is 12.2. The Morgan fingerprint density at radius 2 is 1.76 bits per heavy atom. The fourth-order valence-electron chi connectivity index (χ4n) is 2.45. The van der Waals surface area contributed by atoms with Crippen LogP contribution in [0.4, 0.5) is 11.4 Å². The molecule has 3 aromatic rings. The zero-order valence-corrected chi connectivity index (χ0v) is 16.1. The van der Waals surface area contributed by atoms with E-state index in [0.717, 1.165) is 0 Å². The number of benzene rings is 2. The van der Waals surface area contributed by atoms with Crippen LogP contribution in [0.1, 0.15) is 32.5 Å². The molecule has 3 rings (SSSR count). The molecule has 29 heavy (non-hydrogen) atoms. The zero-order valence-electron chi connectivity index (χ0n) is 15.3. The molecule has 0 aliphatic rings. The molecule has 1 aromatic heterocycles. The van der Waals surface area contributed by atoms with Crippen molar-refractivity contribution >= 4 is 40.2 Å². The molecule has 2 N–H and O–H groups in total. The van der Waals surface area contributed by atoms with Gasteiger partial charge in [-0.2, -0.15) is 5.10 Å². The van der Waals surface area contributed by atoms with Crippen molar-refractivity contribution in [3.8, 4) is 0 Å². The van der Waals surface area contributed by atoms with Crippen molar-refractivity contribution in [2.45, 2.75) is 6.92 Å². The van der Waals surface area contributed by atoms with Crippen LogP contribution in [-0.2, 0) is 0 Å². The predicted octanol–water partition coefficient (Wildman–Crippen LogP) is 4.06. The first-order valence-corrected chi connectivity index (χ1v) is 9.36. The van der Waals surface area contributed by atoms with Gasteiger partial charge in [-0.25, -0.2) is 5.43 Å². The lowest BCUT2D eigenvalue weighted by molar-refractivity contribution is -0.384. The van der Waals surface area contributed by atoms with E-state index in [1.807, 2.05) is 5.38 Å². The number of thiophene rings is 1. The predicted molar refractivity (Wildman–Crippen MR) is 111 cm³/mol. The summed E-state index contributed by atoms with van der Waals surface area (Å²) in [6.45, 7) is 1.70. The minimum atomic E-state index is -0.568. The van der Waals surface area contributed by atoms with Crippen molar-refractivity contribution in [1.82, 2.24) is 5.43 Å². The standard InChI is InChI=1S/C20H16N4O4S/c1-13(22-23-19(25)15-6-3-8-17(12-15)24(27)28)14-5-2-7-16(11-14)21-20(26)18-9-4-10-29-18/h2-12H,1H3,(H,21,26)(H,23,25)/b22-13+. The van der Waals surface area contributed by atoms with Gasteiger partial charge in [-0.1, -0.05) is 24.3 Å². The Labute approximate surface area is 170 Å². The summed E-state index contributed by atoms with van der Waals surface area (Å²) in [5.74, 6) is -0.763. The highest BCUT2D eigenvalue weighted by molar-refractivity contribution is 7.12. The molecule has 0 fully saturated rings. The number of non-ortho nitro benzene ring substituents is 1. The van der Waals surface area contributed by atoms with Gasteiger partial charge in [0.25, 0.3) is 17.5 Å². The Morgan fingerprint density at radius 1 is 1.00 bits per heavy atom. The summed E-state index contributed by atoms with van der Waals surface area (Å²) in [7, 11) is 0. The van der Waals surface area contributed by atoms with E-state index in [1.54, 1.807) is 43.3 Å². The number of nitro groups is 1. The second-order valence-electron chi connectivity index (χ2n) is 5.96. The van der Waals surface area contributed by atoms with Gasteiger partial charge in [0.1, 0.15) is 0 Å². The summed E-state index contributed by atoms with van der Waals surface area (Å²) in [5.41, 5.74) is 4.16. The van der Waals surface area contributed by atoms with E-state index in [0.29, 0.717) is 21.8 Å². The van der Waals surface area contributed by atoms with Gasteiger partial charge >= 0.3 is 0 Å². The molecule has 0 aliphatic carbocycles. The number of nitrogens with one attached hydrogen (secondary N) is 2. The molecule has 146 valence electrons. The maximum Gasteiger partial charge on any atom is 0.271 e. The summed E-state index contributed by atoms with van der Waals surface area (Å²) in [5, 5.41) is 19.5. The fourth-order valence-corrected chi connectivity index (χ4v) is 3.07. The smallest absolute Gasteiger partial charge is 0.271 e. The summed E-state index contributed by atoms with van der Waals surface area (Å²) in [6.07, 6.45) is 0. The minimum absolute atomic E-state index is 0.132. The summed E-state index contributed by atoms with van der Waals surface area (Å²) in [6, 6.07) is 16.0. The Morgan fingerprint density at radius 3 is 2.48 bits per heavy atom. The zero-order chi connectivity index (χ0) is 20.8. The van der Waals surface area contributed by atoms with Crippen molar-refractivity contribution in [2.75, 3.05) is 5.32 Å². The van der Waals surface area contributed by atoms with Crippen LogP contribution in [0.25, 0.3) is 0 Å². The minimum Gasteiger partial charge on any atom is -0.321 e. The highest BCUT2D eigenvalue weighted by Crippen LogP contribution is 2.16. The van der Waals surface area contributed by atoms with Gasteiger partial charge in [0.15, 0.2) is 0 Å². The number of anilines is 1. The van der Waals surface area contributed by atoms with E-state index in [9.17, 15) is 19.7 Å². The molecular formula is C20H16N4O4S. The number of hydrogen-bond donors (Lipinski definition) is 2. The molecule has 2 amide bonds. The van der Waals surface area contributed by atoms with Crippen LogP contribution in [0, 0.1) is 10.1 Å². The van der Waals surface area contributed by atoms with Crippen LogP contribution in [-0.4, -0.2) is 22.4 Å². The van der Waals surface area contributed by atoms with Crippen molar-refractivity contribution in [2.24, 2.45) is 5.10 Å². The van der Waals surface area contributed by atoms with Crippen LogP contribution in [0.15, 0.2) is 71.1 Å². The van der Waals surface area contributed by atoms with E-state index in [-0.39, 0.29) is 17.2 Å². The molecule has 0 saturated heterocycles. The van der Waals surface area contributed by atoms with E-state index in [2.05, 4.69) is 15.8 Å². The Bertz CT molecular complexity index is 1090. The number of nitrogens with zero attached hydrogens (tertiary/aromatic N) is 2. The summed E-state index contributed by atoms with van der Waals surface area (Å²) >= 11 is 1.35. The molecule has 0 spiro atoms. The number of hydrazone groups is 1. The van der Waals surface area contributed by atoms with E-state index < -0.39 is 10.8 Å². The van der Waals surface area contributed by atoms with Crippen LogP contribution in [0.3, 0.4) is 0 Å². The van der Waals surface area contributed by atoms with Crippen molar-refractivity contribution in [3.63, 3.8) is 0 Å². The molecule has 0 saturated carbocycles. The van der Waals surface area contributed by atoms with Crippen molar-refractivity contribution < 1.29 is 14.5 Å². The Balaban J connectivity index is 1.69. The lowest BCUT2D eigenvalue weighted by atomic mass is 10.1. The molecule has 1 heterocycles. The van der Waals surface area contributed by atoms with Gasteiger partial charge in [-0.05, 0) is 42.1 Å². The van der Waals surface area contributed by atoms with Gasteiger partial charge in [-0.3, -0.25) is 19.7 Å². The van der Waals surface area contributed by atoms with Gasteiger partial charge in [0.2, 0.25) is 0 Å².